The highest BCUT2D eigenvalue weighted by Crippen LogP contribution is 2.27. The molecule has 0 aromatic carbocycles. The van der Waals surface area contributed by atoms with Crippen molar-refractivity contribution in [3.63, 3.8) is 0 Å². The average molecular weight is 317 g/mol. The summed E-state index contributed by atoms with van der Waals surface area (Å²) < 4.78 is 3.41. The van der Waals surface area contributed by atoms with Gasteiger partial charge in [-0.3, -0.25) is 19.1 Å². The van der Waals surface area contributed by atoms with E-state index in [1.807, 2.05) is 24.0 Å². The largest absolute Gasteiger partial charge is 0.480 e. The quantitative estimate of drug-likeness (QED) is 0.902. The van der Waals surface area contributed by atoms with Crippen LogP contribution in [0, 0.1) is 6.92 Å². The first-order chi connectivity index (χ1) is 11.0. The number of likely N-dealkylation sites (tertiary alicyclic amines) is 1. The number of aryl methyl sites for hydroxylation is 1. The number of nitrogens with zero attached hydrogens (tertiary/aromatic N) is 5. The van der Waals surface area contributed by atoms with Gasteiger partial charge in [0.2, 0.25) is 0 Å². The summed E-state index contributed by atoms with van der Waals surface area (Å²) in [5.74, 6) is -0.493. The monoisotopic (exact) mass is 317 g/mol. The third-order valence-corrected chi connectivity index (χ3v) is 4.61. The third kappa shape index (κ3) is 3.61. The molecule has 0 saturated carbocycles. The van der Waals surface area contributed by atoms with Crippen LogP contribution in [-0.2, 0) is 24.9 Å². The summed E-state index contributed by atoms with van der Waals surface area (Å²) in [6.45, 7) is 4.97. The third-order valence-electron chi connectivity index (χ3n) is 4.61. The normalized spacial score (nSPS) is 19.1. The van der Waals surface area contributed by atoms with E-state index < -0.39 is 5.97 Å². The van der Waals surface area contributed by atoms with E-state index in [9.17, 15) is 4.79 Å². The van der Waals surface area contributed by atoms with Crippen LogP contribution in [0.15, 0.2) is 18.5 Å². The van der Waals surface area contributed by atoms with Gasteiger partial charge in [-0.05, 0) is 32.4 Å². The Bertz CT molecular complexity index is 690. The molecule has 0 unspecified atom stereocenters. The average Bonchev–Trinajstić information content (AvgIpc) is 3.09. The molecule has 0 amide bonds. The summed E-state index contributed by atoms with van der Waals surface area (Å²) >= 11 is 0. The van der Waals surface area contributed by atoms with Gasteiger partial charge >= 0.3 is 5.97 Å². The maximum atomic E-state index is 10.8. The molecule has 3 rings (SSSR count). The van der Waals surface area contributed by atoms with Gasteiger partial charge in [-0.1, -0.05) is 0 Å². The second-order valence-electron chi connectivity index (χ2n) is 6.29. The fourth-order valence-corrected chi connectivity index (χ4v) is 3.20. The lowest BCUT2D eigenvalue weighted by Crippen LogP contribution is -2.34. The van der Waals surface area contributed by atoms with Gasteiger partial charge in [-0.15, -0.1) is 0 Å². The molecule has 124 valence electrons. The van der Waals surface area contributed by atoms with Crippen LogP contribution in [-0.4, -0.2) is 48.6 Å². The van der Waals surface area contributed by atoms with Gasteiger partial charge in [0, 0.05) is 43.5 Å². The Morgan fingerprint density at radius 2 is 2.30 bits per heavy atom. The Balaban J connectivity index is 1.65. The number of aromatic nitrogens is 4. The van der Waals surface area contributed by atoms with E-state index in [0.29, 0.717) is 5.92 Å². The molecule has 23 heavy (non-hydrogen) atoms. The van der Waals surface area contributed by atoms with E-state index in [1.54, 1.807) is 6.20 Å². The lowest BCUT2D eigenvalue weighted by atomic mass is 9.94. The summed E-state index contributed by atoms with van der Waals surface area (Å²) in [5, 5.41) is 17.6. The number of hydrogen-bond acceptors (Lipinski definition) is 4. The summed E-state index contributed by atoms with van der Waals surface area (Å²) in [6, 6.07) is 1.95. The lowest BCUT2D eigenvalue weighted by Gasteiger charge is -2.31. The number of carboxylic acid groups (broad SMARTS) is 1. The van der Waals surface area contributed by atoms with Gasteiger partial charge in [-0.2, -0.15) is 10.2 Å². The second kappa shape index (κ2) is 6.54. The van der Waals surface area contributed by atoms with Gasteiger partial charge in [-0.25, -0.2) is 0 Å². The molecule has 1 N–H and O–H groups in total. The number of hydrogen-bond donors (Lipinski definition) is 1. The molecule has 7 heteroatoms. The zero-order valence-corrected chi connectivity index (χ0v) is 13.6. The van der Waals surface area contributed by atoms with Gasteiger partial charge in [0.05, 0.1) is 11.9 Å². The number of carbonyl (C=O) groups is 1. The smallest absolute Gasteiger partial charge is 0.325 e. The first-order valence-corrected chi connectivity index (χ1v) is 7.98. The first-order valence-electron chi connectivity index (χ1n) is 7.98. The Morgan fingerprint density at radius 1 is 1.48 bits per heavy atom. The van der Waals surface area contributed by atoms with Crippen LogP contribution >= 0.6 is 0 Å². The SMILES string of the molecule is Cc1c(CN2CCC[C@@H](c3ccn(CC(=O)O)n3)C2)cnn1C. The van der Waals surface area contributed by atoms with Crippen molar-refractivity contribution in [3.05, 3.63) is 35.4 Å². The Hall–Kier alpha value is -2.15. The molecule has 0 bridgehead atoms. The highest BCUT2D eigenvalue weighted by molar-refractivity contribution is 5.66. The molecule has 1 aliphatic rings. The number of aliphatic carboxylic acids is 1. The van der Waals surface area contributed by atoms with Crippen LogP contribution in [0.25, 0.3) is 0 Å². The molecule has 1 aliphatic heterocycles. The summed E-state index contributed by atoms with van der Waals surface area (Å²) in [4.78, 5) is 13.2. The van der Waals surface area contributed by atoms with Crippen molar-refractivity contribution in [3.8, 4) is 0 Å². The predicted octanol–water partition coefficient (Wildman–Crippen LogP) is 1.39. The minimum Gasteiger partial charge on any atom is -0.480 e. The Morgan fingerprint density at radius 3 is 3.00 bits per heavy atom. The minimum absolute atomic E-state index is 0.0781. The maximum Gasteiger partial charge on any atom is 0.325 e. The molecular formula is C16H23N5O2. The molecular weight excluding hydrogens is 294 g/mol. The maximum absolute atomic E-state index is 10.8. The van der Waals surface area contributed by atoms with E-state index in [2.05, 4.69) is 22.0 Å². The fourth-order valence-electron chi connectivity index (χ4n) is 3.20. The van der Waals surface area contributed by atoms with E-state index in [-0.39, 0.29) is 6.54 Å². The van der Waals surface area contributed by atoms with Crippen molar-refractivity contribution < 1.29 is 9.90 Å². The molecule has 2 aromatic rings. The van der Waals surface area contributed by atoms with Crippen molar-refractivity contribution in [2.45, 2.75) is 38.8 Å². The molecule has 0 spiro atoms. The first kappa shape index (κ1) is 15.7. The second-order valence-corrected chi connectivity index (χ2v) is 6.29. The molecule has 0 aliphatic carbocycles. The summed E-state index contributed by atoms with van der Waals surface area (Å²) in [5.41, 5.74) is 3.47. The van der Waals surface area contributed by atoms with E-state index in [0.717, 1.165) is 38.2 Å². The Kier molecular flexibility index (Phi) is 4.47. The van der Waals surface area contributed by atoms with E-state index in [1.165, 1.54) is 15.9 Å². The standard InChI is InChI=1S/C16H23N5O2/c1-12-14(8-17-19(12)2)10-20-6-3-4-13(9-20)15-5-7-21(18-15)11-16(22)23/h5,7-8,13H,3-4,6,9-11H2,1-2H3,(H,22,23)/t13-/m1/s1. The Labute approximate surface area is 135 Å². The van der Waals surface area contributed by atoms with Crippen LogP contribution in [0.3, 0.4) is 0 Å². The predicted molar refractivity (Wildman–Crippen MR) is 85.1 cm³/mol. The number of rotatable bonds is 5. The van der Waals surface area contributed by atoms with Gasteiger partial charge in [0.15, 0.2) is 0 Å². The summed E-state index contributed by atoms with van der Waals surface area (Å²) in [7, 11) is 1.97. The van der Waals surface area contributed by atoms with Gasteiger partial charge < -0.3 is 5.11 Å². The fraction of sp³-hybridized carbons (Fsp3) is 0.562. The molecule has 2 aromatic heterocycles. The van der Waals surface area contributed by atoms with Crippen molar-refractivity contribution in [1.82, 2.24) is 24.5 Å². The minimum atomic E-state index is -0.864. The summed E-state index contributed by atoms with van der Waals surface area (Å²) in [6.07, 6.45) is 5.94. The number of carboxylic acids is 1. The lowest BCUT2D eigenvalue weighted by molar-refractivity contribution is -0.137. The van der Waals surface area contributed by atoms with Crippen molar-refractivity contribution in [2.24, 2.45) is 7.05 Å². The number of piperidine rings is 1. The highest BCUT2D eigenvalue weighted by atomic mass is 16.4. The molecule has 1 atom stereocenters. The van der Waals surface area contributed by atoms with E-state index >= 15 is 0 Å². The van der Waals surface area contributed by atoms with Crippen LogP contribution in [0.5, 0.6) is 0 Å². The van der Waals surface area contributed by atoms with Crippen LogP contribution in [0.4, 0.5) is 0 Å². The van der Waals surface area contributed by atoms with Crippen molar-refractivity contribution in [1.29, 1.82) is 0 Å². The van der Waals surface area contributed by atoms with Crippen molar-refractivity contribution in [2.75, 3.05) is 13.1 Å². The van der Waals surface area contributed by atoms with Gasteiger partial charge in [0.1, 0.15) is 6.54 Å². The van der Waals surface area contributed by atoms with Crippen LogP contribution in [0.1, 0.15) is 35.7 Å². The highest BCUT2D eigenvalue weighted by Gasteiger charge is 2.24. The zero-order chi connectivity index (χ0) is 16.4. The zero-order valence-electron chi connectivity index (χ0n) is 13.6. The molecule has 1 fully saturated rings. The molecule has 7 nitrogen and oxygen atoms in total. The van der Waals surface area contributed by atoms with E-state index in [4.69, 9.17) is 5.11 Å². The van der Waals surface area contributed by atoms with Crippen LogP contribution in [0.2, 0.25) is 0 Å². The molecule has 3 heterocycles. The molecule has 0 radical (unpaired) electrons. The topological polar surface area (TPSA) is 76.2 Å². The van der Waals surface area contributed by atoms with Gasteiger partial charge in [0.25, 0.3) is 0 Å². The molecule has 1 saturated heterocycles. The van der Waals surface area contributed by atoms with Crippen LogP contribution < -0.4 is 0 Å². The van der Waals surface area contributed by atoms with Crippen molar-refractivity contribution >= 4 is 5.97 Å².